The van der Waals surface area contributed by atoms with Crippen LogP contribution in [0.3, 0.4) is 0 Å². The minimum absolute atomic E-state index is 0.00938. The molecule has 0 radical (unpaired) electrons. The zero-order chi connectivity index (χ0) is 35.8. The summed E-state index contributed by atoms with van der Waals surface area (Å²) in [6.07, 6.45) is -5.68. The normalized spacial score (nSPS) is 24.6. The summed E-state index contributed by atoms with van der Waals surface area (Å²) in [6.45, 7) is 26.1. The highest BCUT2D eigenvalue weighted by atomic mass is 28.4. The minimum atomic E-state index is -2.23. The van der Waals surface area contributed by atoms with E-state index in [9.17, 15) is 24.3 Å². The number of aliphatic hydroxyl groups excluding tert-OH is 1. The number of imide groups is 1. The number of carbonyl (C=O) groups is 4. The Hall–Kier alpha value is -2.26. The molecule has 266 valence electrons. The standard InChI is InChI=1S/C32H58N2O11Si/c1-19(35)33(27(38)44-29(3,4)5)17-22-25-26(43-32(12,13)42-25)24(34(22)28(39)45-30(6,7)8)23(41-20(2)36)16-21(37)18-40-46(14,15)31(9,10)11/h21-26,37H,16-18H2,1-15H3/t21-,22+,23+,24+,25+,26-/m0/s1. The highest BCUT2D eigenvalue weighted by Crippen LogP contribution is 2.44. The molecule has 13 nitrogen and oxygen atoms in total. The van der Waals surface area contributed by atoms with Crippen molar-refractivity contribution in [2.75, 3.05) is 13.2 Å². The van der Waals surface area contributed by atoms with Gasteiger partial charge in [-0.3, -0.25) is 14.5 Å². The SMILES string of the molecule is CC(=O)O[C@H](C[C@H](O)CO[Si](C)(C)C(C)(C)C)[C@@H]1[C@@H]2OC(C)(C)O[C@@H]2[C@@H](CN(C(C)=O)C(=O)OC(C)(C)C)N1C(=O)OC(C)(C)C. The van der Waals surface area contributed by atoms with E-state index in [1.165, 1.54) is 18.7 Å². The molecule has 2 aliphatic heterocycles. The lowest BCUT2D eigenvalue weighted by Gasteiger charge is -2.40. The van der Waals surface area contributed by atoms with Gasteiger partial charge in [0.1, 0.15) is 35.6 Å². The Bertz CT molecular complexity index is 1120. The van der Waals surface area contributed by atoms with E-state index in [0.29, 0.717) is 0 Å². The molecule has 6 atom stereocenters. The maximum absolute atomic E-state index is 14.0. The van der Waals surface area contributed by atoms with Crippen molar-refractivity contribution in [1.82, 2.24) is 9.80 Å². The van der Waals surface area contributed by atoms with Gasteiger partial charge in [0.15, 0.2) is 14.1 Å². The number of likely N-dealkylation sites (tertiary alicyclic amines) is 1. The van der Waals surface area contributed by atoms with Crippen molar-refractivity contribution in [2.45, 2.75) is 168 Å². The third-order valence-electron chi connectivity index (χ3n) is 8.17. The van der Waals surface area contributed by atoms with Crippen molar-refractivity contribution in [3.63, 3.8) is 0 Å². The second kappa shape index (κ2) is 14.1. The second-order valence-electron chi connectivity index (χ2n) is 16.2. The van der Waals surface area contributed by atoms with Crippen molar-refractivity contribution < 1.29 is 52.4 Å². The number of nitrogens with zero attached hydrogens (tertiary/aromatic N) is 2. The topological polar surface area (TPSA) is 150 Å². The van der Waals surface area contributed by atoms with Crippen LogP contribution in [0.4, 0.5) is 9.59 Å². The van der Waals surface area contributed by atoms with Gasteiger partial charge in [-0.25, -0.2) is 14.5 Å². The summed E-state index contributed by atoms with van der Waals surface area (Å²) in [5.41, 5.74) is -1.82. The van der Waals surface area contributed by atoms with E-state index >= 15 is 0 Å². The Balaban J connectivity index is 2.62. The summed E-state index contributed by atoms with van der Waals surface area (Å²) in [4.78, 5) is 54.8. The van der Waals surface area contributed by atoms with Gasteiger partial charge in [-0.1, -0.05) is 20.8 Å². The zero-order valence-corrected chi connectivity index (χ0v) is 31.5. The minimum Gasteiger partial charge on any atom is -0.460 e. The maximum atomic E-state index is 14.0. The summed E-state index contributed by atoms with van der Waals surface area (Å²) < 4.78 is 36.0. The van der Waals surface area contributed by atoms with Crippen LogP contribution in [0.5, 0.6) is 0 Å². The van der Waals surface area contributed by atoms with E-state index in [1.54, 1.807) is 55.4 Å². The highest BCUT2D eigenvalue weighted by molar-refractivity contribution is 6.74. The molecule has 0 spiro atoms. The fourth-order valence-corrected chi connectivity index (χ4v) is 6.28. The number of fused-ring (bicyclic) bond motifs is 1. The molecule has 2 fully saturated rings. The van der Waals surface area contributed by atoms with Crippen LogP contribution in [-0.2, 0) is 37.7 Å². The molecular weight excluding hydrogens is 616 g/mol. The third-order valence-corrected chi connectivity index (χ3v) is 12.7. The van der Waals surface area contributed by atoms with Crippen LogP contribution in [0.25, 0.3) is 0 Å². The molecule has 1 N–H and O–H groups in total. The number of ether oxygens (including phenoxy) is 5. The molecule has 2 heterocycles. The molecule has 0 bridgehead atoms. The molecule has 46 heavy (non-hydrogen) atoms. The molecule has 2 saturated heterocycles. The smallest absolute Gasteiger partial charge is 0.417 e. The van der Waals surface area contributed by atoms with Crippen LogP contribution < -0.4 is 0 Å². The van der Waals surface area contributed by atoms with Crippen LogP contribution >= 0.6 is 0 Å². The predicted molar refractivity (Wildman–Crippen MR) is 172 cm³/mol. The Kier molecular flexibility index (Phi) is 12.2. The Morgan fingerprint density at radius 2 is 1.43 bits per heavy atom. The van der Waals surface area contributed by atoms with Gasteiger partial charge >= 0.3 is 18.2 Å². The number of rotatable bonds is 9. The van der Waals surface area contributed by atoms with Crippen molar-refractivity contribution in [1.29, 1.82) is 0 Å². The Morgan fingerprint density at radius 3 is 1.89 bits per heavy atom. The lowest BCUT2D eigenvalue weighted by molar-refractivity contribution is -0.179. The van der Waals surface area contributed by atoms with Crippen LogP contribution in [0.15, 0.2) is 0 Å². The quantitative estimate of drug-likeness (QED) is 0.200. The molecule has 0 aromatic heterocycles. The monoisotopic (exact) mass is 674 g/mol. The summed E-state index contributed by atoms with van der Waals surface area (Å²) in [6, 6.07) is -2.01. The third kappa shape index (κ3) is 10.6. The predicted octanol–water partition coefficient (Wildman–Crippen LogP) is 4.98. The maximum Gasteiger partial charge on any atom is 0.417 e. The molecule has 0 aromatic carbocycles. The molecule has 14 heteroatoms. The molecular formula is C32H58N2O11Si. The van der Waals surface area contributed by atoms with E-state index < -0.39 is 85.9 Å². The summed E-state index contributed by atoms with van der Waals surface area (Å²) in [5.74, 6) is -2.36. The van der Waals surface area contributed by atoms with E-state index in [1.807, 2.05) is 0 Å². The molecule has 0 saturated carbocycles. The molecule has 0 aliphatic carbocycles. The fourth-order valence-electron chi connectivity index (χ4n) is 5.23. The van der Waals surface area contributed by atoms with Crippen molar-refractivity contribution in [2.24, 2.45) is 0 Å². The number of esters is 1. The lowest BCUT2D eigenvalue weighted by atomic mass is 9.98. The van der Waals surface area contributed by atoms with Crippen LogP contribution in [-0.4, -0.2) is 114 Å². The van der Waals surface area contributed by atoms with E-state index in [4.69, 9.17) is 28.1 Å². The number of hydrogen-bond donors (Lipinski definition) is 1. The molecule has 0 aromatic rings. The van der Waals surface area contributed by atoms with Crippen molar-refractivity contribution in [3.8, 4) is 0 Å². The molecule has 2 rings (SSSR count). The molecule has 0 unspecified atom stereocenters. The van der Waals surface area contributed by atoms with Gasteiger partial charge in [0.05, 0.1) is 25.3 Å². The van der Waals surface area contributed by atoms with E-state index in [-0.39, 0.29) is 24.6 Å². The first-order valence-corrected chi connectivity index (χ1v) is 18.8. The average Bonchev–Trinajstić information content (AvgIpc) is 3.27. The van der Waals surface area contributed by atoms with Crippen LogP contribution in [0.2, 0.25) is 18.1 Å². The first-order chi connectivity index (χ1) is 20.5. The van der Waals surface area contributed by atoms with Crippen molar-refractivity contribution >= 4 is 32.4 Å². The second-order valence-corrected chi connectivity index (χ2v) is 21.0. The summed E-state index contributed by atoms with van der Waals surface area (Å²) >= 11 is 0. The number of hydrogen-bond acceptors (Lipinski definition) is 11. The van der Waals surface area contributed by atoms with Crippen LogP contribution in [0, 0.1) is 0 Å². The van der Waals surface area contributed by atoms with Gasteiger partial charge in [0, 0.05) is 20.3 Å². The number of amides is 3. The van der Waals surface area contributed by atoms with E-state index in [2.05, 4.69) is 33.9 Å². The fraction of sp³-hybridized carbons (Fsp3) is 0.875. The van der Waals surface area contributed by atoms with Gasteiger partial charge in [-0.2, -0.15) is 0 Å². The first kappa shape index (κ1) is 39.9. The zero-order valence-electron chi connectivity index (χ0n) is 30.5. The molecule has 2 aliphatic rings. The van der Waals surface area contributed by atoms with E-state index in [0.717, 1.165) is 4.90 Å². The summed E-state index contributed by atoms with van der Waals surface area (Å²) in [7, 11) is -2.23. The number of aliphatic hydroxyl groups is 1. The largest absolute Gasteiger partial charge is 0.460 e. The van der Waals surface area contributed by atoms with Crippen molar-refractivity contribution in [3.05, 3.63) is 0 Å². The lowest BCUT2D eigenvalue weighted by Crippen LogP contribution is -2.57. The average molecular weight is 675 g/mol. The summed E-state index contributed by atoms with van der Waals surface area (Å²) in [5, 5.41) is 11.1. The molecule has 3 amide bonds. The Labute approximate surface area is 275 Å². The van der Waals surface area contributed by atoms with Gasteiger partial charge in [0.25, 0.3) is 0 Å². The van der Waals surface area contributed by atoms with Gasteiger partial charge < -0.3 is 33.2 Å². The van der Waals surface area contributed by atoms with Gasteiger partial charge in [-0.15, -0.1) is 0 Å². The highest BCUT2D eigenvalue weighted by Gasteiger charge is 2.63. The first-order valence-electron chi connectivity index (χ1n) is 15.9. The van der Waals surface area contributed by atoms with Crippen LogP contribution in [0.1, 0.15) is 96.4 Å². The number of carbonyl (C=O) groups excluding carboxylic acids is 4. The Morgan fingerprint density at radius 1 is 0.913 bits per heavy atom. The van der Waals surface area contributed by atoms with Gasteiger partial charge in [0.2, 0.25) is 5.91 Å². The van der Waals surface area contributed by atoms with Gasteiger partial charge in [-0.05, 0) is 73.5 Å².